The first-order valence-electron chi connectivity index (χ1n) is 5.90. The van der Waals surface area contributed by atoms with E-state index in [0.717, 1.165) is 25.8 Å². The largest absolute Gasteiger partial charge is 0.320 e. The summed E-state index contributed by atoms with van der Waals surface area (Å²) < 4.78 is 0. The van der Waals surface area contributed by atoms with E-state index in [-0.39, 0.29) is 23.7 Å². The van der Waals surface area contributed by atoms with E-state index in [2.05, 4.69) is 5.32 Å². The third-order valence-corrected chi connectivity index (χ3v) is 3.41. The van der Waals surface area contributed by atoms with Gasteiger partial charge in [-0.05, 0) is 32.9 Å². The Morgan fingerprint density at radius 1 is 1.25 bits per heavy atom. The lowest BCUT2D eigenvalue weighted by atomic mass is 9.85. The van der Waals surface area contributed by atoms with Crippen LogP contribution >= 0.6 is 0 Å². The van der Waals surface area contributed by atoms with E-state index in [4.69, 9.17) is 0 Å². The summed E-state index contributed by atoms with van der Waals surface area (Å²) in [6, 6.07) is 0. The van der Waals surface area contributed by atoms with Crippen molar-refractivity contribution in [3.8, 4) is 0 Å². The molecule has 4 heteroatoms. The van der Waals surface area contributed by atoms with Crippen LogP contribution in [0.2, 0.25) is 0 Å². The minimum atomic E-state index is -0.0768. The molecule has 16 heavy (non-hydrogen) atoms. The number of likely N-dealkylation sites (tertiary alicyclic amines) is 1. The predicted octanol–water partition coefficient (Wildman–Crippen LogP) is 0.547. The van der Waals surface area contributed by atoms with Gasteiger partial charge in [-0.1, -0.05) is 12.2 Å². The zero-order valence-electron chi connectivity index (χ0n) is 9.61. The zero-order valence-corrected chi connectivity index (χ0v) is 9.61. The van der Waals surface area contributed by atoms with Crippen LogP contribution in [0.15, 0.2) is 12.2 Å². The molecule has 4 nitrogen and oxygen atoms in total. The summed E-state index contributed by atoms with van der Waals surface area (Å²) in [6.45, 7) is 1.40. The maximum atomic E-state index is 12.0. The number of amides is 2. The first kappa shape index (κ1) is 11.3. The Labute approximate surface area is 95.7 Å². The molecule has 1 fully saturated rings. The highest BCUT2D eigenvalue weighted by atomic mass is 16.2. The zero-order chi connectivity index (χ0) is 11.5. The first-order valence-corrected chi connectivity index (χ1v) is 5.90. The van der Waals surface area contributed by atoms with E-state index in [1.165, 1.54) is 4.90 Å². The number of nitrogens with zero attached hydrogens (tertiary/aromatic N) is 1. The molecular formula is C12H18N2O2. The fourth-order valence-corrected chi connectivity index (χ4v) is 2.50. The summed E-state index contributed by atoms with van der Waals surface area (Å²) >= 11 is 0. The van der Waals surface area contributed by atoms with Crippen LogP contribution in [0.4, 0.5) is 0 Å². The molecule has 0 aromatic carbocycles. The molecule has 1 aliphatic heterocycles. The van der Waals surface area contributed by atoms with Crippen LogP contribution in [0.1, 0.15) is 19.3 Å². The average molecular weight is 222 g/mol. The van der Waals surface area contributed by atoms with Gasteiger partial charge < -0.3 is 5.32 Å². The Kier molecular flexibility index (Phi) is 3.39. The van der Waals surface area contributed by atoms with Gasteiger partial charge in [-0.25, -0.2) is 0 Å². The van der Waals surface area contributed by atoms with Gasteiger partial charge in [-0.2, -0.15) is 0 Å². The Hall–Kier alpha value is -1.16. The quantitative estimate of drug-likeness (QED) is 0.429. The molecule has 0 bridgehead atoms. The Morgan fingerprint density at radius 2 is 1.81 bits per heavy atom. The van der Waals surface area contributed by atoms with Gasteiger partial charge in [0.2, 0.25) is 11.8 Å². The van der Waals surface area contributed by atoms with Crippen molar-refractivity contribution in [3.63, 3.8) is 0 Å². The van der Waals surface area contributed by atoms with E-state index >= 15 is 0 Å². The maximum Gasteiger partial charge on any atom is 0.233 e. The Balaban J connectivity index is 2.00. The first-order chi connectivity index (χ1) is 7.75. The normalized spacial score (nSPS) is 28.7. The third kappa shape index (κ3) is 1.89. The lowest BCUT2D eigenvalue weighted by Crippen LogP contribution is -2.33. The molecule has 1 aliphatic carbocycles. The highest BCUT2D eigenvalue weighted by Crippen LogP contribution is 2.34. The second-order valence-corrected chi connectivity index (χ2v) is 4.44. The molecule has 2 amide bonds. The fourth-order valence-electron chi connectivity index (χ4n) is 2.50. The smallest absolute Gasteiger partial charge is 0.233 e. The van der Waals surface area contributed by atoms with Crippen molar-refractivity contribution in [2.45, 2.75) is 19.3 Å². The van der Waals surface area contributed by atoms with Crippen molar-refractivity contribution in [2.75, 3.05) is 20.1 Å². The molecule has 2 aliphatic rings. The number of hydrogen-bond acceptors (Lipinski definition) is 3. The number of nitrogens with one attached hydrogen (secondary N) is 1. The van der Waals surface area contributed by atoms with E-state index in [0.29, 0.717) is 6.54 Å². The number of fused-ring (bicyclic) bond motifs is 1. The molecule has 0 saturated carbocycles. The van der Waals surface area contributed by atoms with E-state index in [9.17, 15) is 9.59 Å². The number of carbonyl (C=O) groups excluding carboxylic acids is 2. The highest BCUT2D eigenvalue weighted by Gasteiger charge is 2.46. The molecule has 0 spiro atoms. The molecule has 88 valence electrons. The van der Waals surface area contributed by atoms with E-state index < -0.39 is 0 Å². The van der Waals surface area contributed by atoms with Crippen LogP contribution in [-0.2, 0) is 9.59 Å². The van der Waals surface area contributed by atoms with Crippen molar-refractivity contribution in [1.82, 2.24) is 10.2 Å². The summed E-state index contributed by atoms with van der Waals surface area (Å²) in [4.78, 5) is 25.4. The summed E-state index contributed by atoms with van der Waals surface area (Å²) in [5, 5.41) is 3.02. The van der Waals surface area contributed by atoms with Gasteiger partial charge >= 0.3 is 0 Å². The van der Waals surface area contributed by atoms with E-state index in [1.54, 1.807) is 0 Å². The maximum absolute atomic E-state index is 12.0. The van der Waals surface area contributed by atoms with Crippen molar-refractivity contribution in [1.29, 1.82) is 0 Å². The summed E-state index contributed by atoms with van der Waals surface area (Å²) in [5.41, 5.74) is 0. The van der Waals surface area contributed by atoms with Crippen LogP contribution in [0.25, 0.3) is 0 Å². The highest BCUT2D eigenvalue weighted by molar-refractivity contribution is 6.05. The van der Waals surface area contributed by atoms with Crippen LogP contribution in [0.3, 0.4) is 0 Å². The lowest BCUT2D eigenvalue weighted by Gasteiger charge is -2.14. The number of hydrogen-bond donors (Lipinski definition) is 1. The molecule has 1 saturated heterocycles. The van der Waals surface area contributed by atoms with Crippen molar-refractivity contribution >= 4 is 11.8 Å². The molecule has 0 radical (unpaired) electrons. The Morgan fingerprint density at radius 3 is 2.31 bits per heavy atom. The van der Waals surface area contributed by atoms with Gasteiger partial charge in [0.15, 0.2) is 0 Å². The standard InChI is InChI=1S/C12H18N2O2/c1-13-7-4-8-14-11(15)9-5-2-3-6-10(9)12(14)16/h2-3,9-10,13H,4-8H2,1H3/t9-,10+. The molecule has 2 atom stereocenters. The molecule has 0 aromatic rings. The number of rotatable bonds is 4. The van der Waals surface area contributed by atoms with Gasteiger partial charge in [-0.3, -0.25) is 14.5 Å². The summed E-state index contributed by atoms with van der Waals surface area (Å²) in [6.07, 6.45) is 6.34. The second-order valence-electron chi connectivity index (χ2n) is 4.44. The number of allylic oxidation sites excluding steroid dienone is 2. The van der Waals surface area contributed by atoms with Gasteiger partial charge in [0.1, 0.15) is 0 Å². The van der Waals surface area contributed by atoms with Gasteiger partial charge in [0.25, 0.3) is 0 Å². The topological polar surface area (TPSA) is 49.4 Å². The van der Waals surface area contributed by atoms with Crippen LogP contribution < -0.4 is 5.32 Å². The van der Waals surface area contributed by atoms with Crippen molar-refractivity contribution < 1.29 is 9.59 Å². The van der Waals surface area contributed by atoms with Gasteiger partial charge in [0, 0.05) is 6.54 Å². The number of imide groups is 1. The third-order valence-electron chi connectivity index (χ3n) is 3.41. The Bertz CT molecular complexity index is 299. The fraction of sp³-hybridized carbons (Fsp3) is 0.667. The molecular weight excluding hydrogens is 204 g/mol. The molecule has 0 aromatic heterocycles. The predicted molar refractivity (Wildman–Crippen MR) is 60.6 cm³/mol. The van der Waals surface area contributed by atoms with Crippen LogP contribution in [-0.4, -0.2) is 36.9 Å². The van der Waals surface area contributed by atoms with Gasteiger partial charge in [-0.15, -0.1) is 0 Å². The molecule has 0 unspecified atom stereocenters. The summed E-state index contributed by atoms with van der Waals surface area (Å²) in [7, 11) is 1.87. The second kappa shape index (κ2) is 4.78. The van der Waals surface area contributed by atoms with Crippen LogP contribution in [0.5, 0.6) is 0 Å². The lowest BCUT2D eigenvalue weighted by molar-refractivity contribution is -0.139. The molecule has 1 heterocycles. The average Bonchev–Trinajstić information content (AvgIpc) is 2.55. The van der Waals surface area contributed by atoms with Crippen molar-refractivity contribution in [2.24, 2.45) is 11.8 Å². The van der Waals surface area contributed by atoms with Crippen molar-refractivity contribution in [3.05, 3.63) is 12.2 Å². The van der Waals surface area contributed by atoms with E-state index in [1.807, 2.05) is 19.2 Å². The summed E-state index contributed by atoms with van der Waals surface area (Å²) in [5.74, 6) is -0.0786. The minimum Gasteiger partial charge on any atom is -0.320 e. The number of carbonyl (C=O) groups is 2. The molecule has 1 N–H and O–H groups in total. The monoisotopic (exact) mass is 222 g/mol. The minimum absolute atomic E-state index is 0.0375. The van der Waals surface area contributed by atoms with Gasteiger partial charge in [0.05, 0.1) is 11.8 Å². The molecule has 2 rings (SSSR count). The SMILES string of the molecule is CNCCCN1C(=O)[C@H]2CC=CC[C@H]2C1=O. The van der Waals surface area contributed by atoms with Crippen LogP contribution in [0, 0.1) is 11.8 Å².